The molecule has 0 N–H and O–H groups in total. The summed E-state index contributed by atoms with van der Waals surface area (Å²) in [5, 5.41) is 9.51. The number of halogens is 5. The molecule has 1 heterocycles. The molecule has 0 aliphatic rings. The number of benzene rings is 1. The highest BCUT2D eigenvalue weighted by molar-refractivity contribution is 6.32. The normalized spacial score (nSPS) is 12.1. The molecule has 0 radical (unpaired) electrons. The average molecular weight is 343 g/mol. The smallest absolute Gasteiger partial charge is 0.255 e. The van der Waals surface area contributed by atoms with Gasteiger partial charge in [-0.3, -0.25) is 4.98 Å². The standard InChI is InChI=1S/C15H7Cl2F3N2/c16-12-3-1-9(2-4-12)10(7-21)5-14-13(17)6-11(8-22-14)15(18,19)20/h1-6,8H. The molecule has 0 spiro atoms. The second-order valence-corrected chi connectivity index (χ2v) is 5.11. The summed E-state index contributed by atoms with van der Waals surface area (Å²) < 4.78 is 37.7. The van der Waals surface area contributed by atoms with Gasteiger partial charge in [-0.05, 0) is 29.8 Å². The Morgan fingerprint density at radius 3 is 2.32 bits per heavy atom. The van der Waals surface area contributed by atoms with E-state index in [1.54, 1.807) is 24.3 Å². The lowest BCUT2D eigenvalue weighted by Gasteiger charge is -2.07. The Morgan fingerprint density at radius 2 is 1.82 bits per heavy atom. The zero-order valence-electron chi connectivity index (χ0n) is 10.8. The van der Waals surface area contributed by atoms with E-state index in [9.17, 15) is 18.4 Å². The van der Waals surface area contributed by atoms with Gasteiger partial charge in [-0.2, -0.15) is 18.4 Å². The van der Waals surface area contributed by atoms with Crippen LogP contribution < -0.4 is 0 Å². The first-order valence-electron chi connectivity index (χ1n) is 5.92. The van der Waals surface area contributed by atoms with Crippen molar-refractivity contribution in [3.8, 4) is 6.07 Å². The predicted octanol–water partition coefficient (Wildman–Crippen LogP) is 5.47. The van der Waals surface area contributed by atoms with Crippen LogP contribution in [0.15, 0.2) is 36.5 Å². The molecule has 0 amide bonds. The Hall–Kier alpha value is -2.03. The third-order valence-electron chi connectivity index (χ3n) is 2.75. The van der Waals surface area contributed by atoms with Crippen molar-refractivity contribution in [3.63, 3.8) is 0 Å². The first-order chi connectivity index (χ1) is 10.3. The highest BCUT2D eigenvalue weighted by Gasteiger charge is 2.31. The van der Waals surface area contributed by atoms with Gasteiger partial charge in [0.2, 0.25) is 0 Å². The van der Waals surface area contributed by atoms with Crippen molar-refractivity contribution in [3.05, 3.63) is 63.4 Å². The molecule has 0 saturated carbocycles. The van der Waals surface area contributed by atoms with E-state index >= 15 is 0 Å². The van der Waals surface area contributed by atoms with Crippen LogP contribution >= 0.6 is 23.2 Å². The fraction of sp³-hybridized carbons (Fsp3) is 0.0667. The van der Waals surface area contributed by atoms with Crippen LogP contribution in [-0.4, -0.2) is 4.98 Å². The van der Waals surface area contributed by atoms with Gasteiger partial charge in [0.15, 0.2) is 0 Å². The lowest BCUT2D eigenvalue weighted by molar-refractivity contribution is -0.137. The number of nitrogens with zero attached hydrogens (tertiary/aromatic N) is 2. The molecular formula is C15H7Cl2F3N2. The molecule has 0 saturated heterocycles. The molecule has 0 atom stereocenters. The summed E-state index contributed by atoms with van der Waals surface area (Å²) in [6.07, 6.45) is -2.52. The number of aromatic nitrogens is 1. The highest BCUT2D eigenvalue weighted by Crippen LogP contribution is 2.32. The molecule has 0 bridgehead atoms. The maximum absolute atomic E-state index is 12.6. The van der Waals surface area contributed by atoms with Crippen LogP contribution in [0, 0.1) is 11.3 Å². The number of allylic oxidation sites excluding steroid dienone is 1. The summed E-state index contributed by atoms with van der Waals surface area (Å²) in [5.41, 5.74) is -0.0868. The summed E-state index contributed by atoms with van der Waals surface area (Å²) in [6, 6.07) is 9.17. The van der Waals surface area contributed by atoms with Crippen molar-refractivity contribution in [2.24, 2.45) is 0 Å². The zero-order valence-corrected chi connectivity index (χ0v) is 12.3. The number of hydrogen-bond acceptors (Lipinski definition) is 2. The Morgan fingerprint density at radius 1 is 1.18 bits per heavy atom. The average Bonchev–Trinajstić information content (AvgIpc) is 2.46. The second kappa shape index (κ2) is 6.39. The molecule has 22 heavy (non-hydrogen) atoms. The molecule has 0 aliphatic carbocycles. The van der Waals surface area contributed by atoms with E-state index in [1.807, 2.05) is 6.07 Å². The molecule has 2 aromatic rings. The number of hydrogen-bond donors (Lipinski definition) is 0. The molecule has 1 aromatic carbocycles. The molecule has 1 aromatic heterocycles. The maximum atomic E-state index is 12.6. The lowest BCUT2D eigenvalue weighted by Crippen LogP contribution is -2.05. The molecular weight excluding hydrogens is 336 g/mol. The number of rotatable bonds is 2. The van der Waals surface area contributed by atoms with E-state index in [0.29, 0.717) is 16.8 Å². The minimum absolute atomic E-state index is 0.0844. The van der Waals surface area contributed by atoms with Crippen LogP contribution in [0.1, 0.15) is 16.8 Å². The Labute approximate surface area is 134 Å². The quantitative estimate of drug-likeness (QED) is 0.678. The summed E-state index contributed by atoms with van der Waals surface area (Å²) in [4.78, 5) is 3.67. The maximum Gasteiger partial charge on any atom is 0.417 e. The van der Waals surface area contributed by atoms with Crippen molar-refractivity contribution in [1.82, 2.24) is 4.98 Å². The summed E-state index contributed by atoms with van der Waals surface area (Å²) in [5.74, 6) is 0. The summed E-state index contributed by atoms with van der Waals surface area (Å²) >= 11 is 11.6. The molecule has 0 unspecified atom stereocenters. The van der Waals surface area contributed by atoms with Crippen LogP contribution in [0.25, 0.3) is 11.6 Å². The Balaban J connectivity index is 2.43. The fourth-order valence-corrected chi connectivity index (χ4v) is 2.00. The van der Waals surface area contributed by atoms with Crippen LogP contribution in [0.3, 0.4) is 0 Å². The van der Waals surface area contributed by atoms with Gasteiger partial charge in [0, 0.05) is 11.2 Å². The van der Waals surface area contributed by atoms with Gasteiger partial charge >= 0.3 is 6.18 Å². The van der Waals surface area contributed by atoms with Crippen LogP contribution in [0.4, 0.5) is 13.2 Å². The third-order valence-corrected chi connectivity index (χ3v) is 3.31. The van der Waals surface area contributed by atoms with E-state index < -0.39 is 11.7 Å². The van der Waals surface area contributed by atoms with Gasteiger partial charge in [0.05, 0.1) is 27.9 Å². The Bertz CT molecular complexity index is 760. The van der Waals surface area contributed by atoms with E-state index in [4.69, 9.17) is 23.2 Å². The molecule has 0 fully saturated rings. The predicted molar refractivity (Wildman–Crippen MR) is 79.2 cm³/mol. The van der Waals surface area contributed by atoms with Crippen molar-refractivity contribution < 1.29 is 13.2 Å². The fourth-order valence-electron chi connectivity index (χ4n) is 1.66. The zero-order chi connectivity index (χ0) is 16.3. The van der Waals surface area contributed by atoms with Crippen molar-refractivity contribution in [2.45, 2.75) is 6.18 Å². The molecule has 7 heteroatoms. The number of alkyl halides is 3. The monoisotopic (exact) mass is 342 g/mol. The van der Waals surface area contributed by atoms with E-state index in [0.717, 1.165) is 6.07 Å². The van der Waals surface area contributed by atoms with Gasteiger partial charge in [0.25, 0.3) is 0 Å². The van der Waals surface area contributed by atoms with E-state index in [2.05, 4.69) is 4.98 Å². The first-order valence-corrected chi connectivity index (χ1v) is 6.67. The topological polar surface area (TPSA) is 36.7 Å². The lowest BCUT2D eigenvalue weighted by atomic mass is 10.1. The minimum atomic E-state index is -4.52. The first kappa shape index (κ1) is 16.3. The van der Waals surface area contributed by atoms with Crippen molar-refractivity contribution >= 4 is 34.9 Å². The van der Waals surface area contributed by atoms with Gasteiger partial charge in [-0.25, -0.2) is 0 Å². The SMILES string of the molecule is N#CC(=Cc1ncc(C(F)(F)F)cc1Cl)c1ccc(Cl)cc1. The molecule has 0 aliphatic heterocycles. The van der Waals surface area contributed by atoms with Crippen LogP contribution in [0.5, 0.6) is 0 Å². The van der Waals surface area contributed by atoms with Gasteiger partial charge in [0.1, 0.15) is 0 Å². The van der Waals surface area contributed by atoms with E-state index in [-0.39, 0.29) is 16.3 Å². The van der Waals surface area contributed by atoms with Crippen molar-refractivity contribution in [2.75, 3.05) is 0 Å². The largest absolute Gasteiger partial charge is 0.417 e. The molecule has 2 nitrogen and oxygen atoms in total. The number of nitriles is 1. The van der Waals surface area contributed by atoms with Gasteiger partial charge < -0.3 is 0 Å². The van der Waals surface area contributed by atoms with Crippen LogP contribution in [0.2, 0.25) is 10.0 Å². The van der Waals surface area contributed by atoms with Crippen LogP contribution in [-0.2, 0) is 6.18 Å². The highest BCUT2D eigenvalue weighted by atomic mass is 35.5. The van der Waals surface area contributed by atoms with E-state index in [1.165, 1.54) is 6.08 Å². The number of pyridine rings is 1. The third kappa shape index (κ3) is 3.79. The van der Waals surface area contributed by atoms with Gasteiger partial charge in [-0.1, -0.05) is 35.3 Å². The summed E-state index contributed by atoms with van der Waals surface area (Å²) in [7, 11) is 0. The minimum Gasteiger partial charge on any atom is -0.255 e. The summed E-state index contributed by atoms with van der Waals surface area (Å²) in [6.45, 7) is 0. The second-order valence-electron chi connectivity index (χ2n) is 4.27. The Kier molecular flexibility index (Phi) is 4.74. The van der Waals surface area contributed by atoms with Gasteiger partial charge in [-0.15, -0.1) is 0 Å². The van der Waals surface area contributed by atoms with Crippen molar-refractivity contribution in [1.29, 1.82) is 5.26 Å². The molecule has 112 valence electrons. The molecule has 2 rings (SSSR count).